The normalized spacial score (nSPS) is 17.0. The lowest BCUT2D eigenvalue weighted by Gasteiger charge is -2.35. The highest BCUT2D eigenvalue weighted by atomic mass is 32.2. The summed E-state index contributed by atoms with van der Waals surface area (Å²) in [6.45, 7) is 6.44. The van der Waals surface area contributed by atoms with E-state index in [0.29, 0.717) is 79.5 Å². The Labute approximate surface area is 350 Å². The number of primary amides is 1. The van der Waals surface area contributed by atoms with Crippen molar-refractivity contribution >= 4 is 75.8 Å². The van der Waals surface area contributed by atoms with Crippen LogP contribution in [0.4, 0.5) is 23.0 Å². The number of aryl methyl sites for hydroxylation is 2. The van der Waals surface area contributed by atoms with E-state index in [0.717, 1.165) is 16.2 Å². The molecule has 0 spiro atoms. The largest absolute Gasteiger partial charge is 0.457 e. The number of nitrogens with zero attached hydrogens (tertiary/aromatic N) is 6. The summed E-state index contributed by atoms with van der Waals surface area (Å²) in [6, 6.07) is 20.1. The summed E-state index contributed by atoms with van der Waals surface area (Å²) in [5, 5.41) is 9.33. The maximum atomic E-state index is 13.4. The fourth-order valence-electron chi connectivity index (χ4n) is 7.18. The average molecular weight is 833 g/mol. The number of aldehydes is 1. The maximum absolute atomic E-state index is 13.4. The molecule has 5 N–H and O–H groups in total. The molecule has 1 aromatic heterocycles. The Morgan fingerprint density at radius 1 is 0.917 bits per heavy atom. The van der Waals surface area contributed by atoms with E-state index < -0.39 is 23.8 Å². The van der Waals surface area contributed by atoms with E-state index in [1.54, 1.807) is 13.0 Å². The predicted octanol–water partition coefficient (Wildman–Crippen LogP) is 3.99. The van der Waals surface area contributed by atoms with Gasteiger partial charge in [-0.25, -0.2) is 9.97 Å². The highest BCUT2D eigenvalue weighted by Gasteiger charge is 2.43. The van der Waals surface area contributed by atoms with Crippen molar-refractivity contribution in [1.29, 1.82) is 0 Å². The Balaban J connectivity index is 0.909. The van der Waals surface area contributed by atoms with Gasteiger partial charge in [-0.1, -0.05) is 36.0 Å². The molecule has 3 aliphatic heterocycles. The third kappa shape index (κ3) is 9.61. The molecule has 7 rings (SSSR count). The third-order valence-corrected chi connectivity index (χ3v) is 11.4. The molecule has 3 aromatic carbocycles. The minimum absolute atomic E-state index is 0.0236. The molecule has 1 saturated heterocycles. The first-order valence-electron chi connectivity index (χ1n) is 19.5. The summed E-state index contributed by atoms with van der Waals surface area (Å²) >= 11 is 1.35. The quantitative estimate of drug-likeness (QED) is 0.104. The number of carbonyl (C=O) groups is 6. The van der Waals surface area contributed by atoms with Crippen molar-refractivity contribution in [2.45, 2.75) is 44.4 Å². The van der Waals surface area contributed by atoms with Gasteiger partial charge in [0.15, 0.2) is 5.17 Å². The number of ether oxygens (including phenoxy) is 1. The number of nitrogens with two attached hydrogens (primary N) is 1. The summed E-state index contributed by atoms with van der Waals surface area (Å²) in [6.07, 6.45) is 1.01. The van der Waals surface area contributed by atoms with Crippen molar-refractivity contribution < 1.29 is 33.5 Å². The van der Waals surface area contributed by atoms with Crippen LogP contribution in [0.15, 0.2) is 77.8 Å². The standard InChI is InChI=1S/C42H44N10O7S/c1-25-22-28(59-27-8-4-3-5-9-27)13-14-30(25)48-39(56)33-15-16-44-42(60-33)49-34-23-35(46-26(2)45-34)51-19-17-50(18-20-51)24-36(54)47-31-11-6-10-29-37(31)41(58)52(40(29)57)32(38(43)55)12-7-21-53/h3-6,8-11,13-14,21-23,32-33H,7,12,15-20,24H2,1-2H3,(H2,43,55)(H,47,54)(H,48,56)(H,44,45,46,49). The molecule has 0 aliphatic carbocycles. The minimum Gasteiger partial charge on any atom is -0.457 e. The second-order valence-corrected chi connectivity index (χ2v) is 15.6. The van der Waals surface area contributed by atoms with Gasteiger partial charge in [0, 0.05) is 50.9 Å². The number of anilines is 4. The van der Waals surface area contributed by atoms with Crippen molar-refractivity contribution in [3.8, 4) is 11.5 Å². The SMILES string of the molecule is Cc1nc(NC2=NCCC(C(=O)Nc3ccc(Oc4ccccc4)cc3C)S2)cc(N2CCN(CC(=O)Nc3cccc4c3C(=O)N(C(CCC=O)C(N)=O)C4=O)CC2)n1. The number of thioether (sulfide) groups is 1. The van der Waals surface area contributed by atoms with Crippen molar-refractivity contribution in [3.63, 3.8) is 0 Å². The van der Waals surface area contributed by atoms with Gasteiger partial charge in [-0.3, -0.25) is 38.8 Å². The molecule has 1 fully saturated rings. The number of hydrogen-bond acceptors (Lipinski definition) is 14. The first-order chi connectivity index (χ1) is 29.0. The number of benzene rings is 3. The Morgan fingerprint density at radius 2 is 1.70 bits per heavy atom. The smallest absolute Gasteiger partial charge is 0.264 e. The van der Waals surface area contributed by atoms with E-state index in [9.17, 15) is 28.8 Å². The Morgan fingerprint density at radius 3 is 2.43 bits per heavy atom. The average Bonchev–Trinajstić information content (AvgIpc) is 3.48. The molecule has 17 nitrogen and oxygen atoms in total. The van der Waals surface area contributed by atoms with Crippen molar-refractivity contribution in [3.05, 3.63) is 95.3 Å². The van der Waals surface area contributed by atoms with E-state index in [1.165, 1.54) is 23.9 Å². The van der Waals surface area contributed by atoms with Crippen LogP contribution in [-0.4, -0.2) is 111 Å². The van der Waals surface area contributed by atoms with Crippen molar-refractivity contribution in [2.24, 2.45) is 10.7 Å². The van der Waals surface area contributed by atoms with Crippen molar-refractivity contribution in [2.75, 3.05) is 60.1 Å². The molecule has 0 bridgehead atoms. The number of aromatic nitrogens is 2. The lowest BCUT2D eigenvalue weighted by atomic mass is 10.1. The molecule has 5 amide bonds. The number of rotatable bonds is 14. The van der Waals surface area contributed by atoms with E-state index >= 15 is 0 Å². The summed E-state index contributed by atoms with van der Waals surface area (Å²) in [4.78, 5) is 94.9. The number of nitrogens with one attached hydrogen (secondary N) is 3. The highest BCUT2D eigenvalue weighted by molar-refractivity contribution is 8.15. The Hall–Kier alpha value is -6.66. The number of amidine groups is 1. The van der Waals surface area contributed by atoms with Gasteiger partial charge in [0.2, 0.25) is 17.7 Å². The van der Waals surface area contributed by atoms with Crippen molar-refractivity contribution in [1.82, 2.24) is 19.8 Å². The zero-order valence-electron chi connectivity index (χ0n) is 33.1. The number of para-hydroxylation sites is 1. The second-order valence-electron chi connectivity index (χ2n) is 14.4. The molecule has 3 aliphatic rings. The summed E-state index contributed by atoms with van der Waals surface area (Å²) in [7, 11) is 0. The van der Waals surface area contributed by atoms with Gasteiger partial charge in [-0.05, 0) is 74.7 Å². The topological polar surface area (TPSA) is 222 Å². The van der Waals surface area contributed by atoms with Crippen LogP contribution < -0.4 is 31.3 Å². The monoisotopic (exact) mass is 832 g/mol. The van der Waals surface area contributed by atoms with Crippen LogP contribution in [0, 0.1) is 13.8 Å². The molecular formula is C42H44N10O7S. The predicted molar refractivity (Wildman–Crippen MR) is 228 cm³/mol. The van der Waals surface area contributed by atoms with Gasteiger partial charge in [0.25, 0.3) is 11.8 Å². The fourth-order valence-corrected chi connectivity index (χ4v) is 8.16. The molecule has 4 aromatic rings. The zero-order chi connectivity index (χ0) is 42.3. The van der Waals surface area contributed by atoms with Gasteiger partial charge in [0.05, 0.1) is 28.6 Å². The van der Waals surface area contributed by atoms with Gasteiger partial charge < -0.3 is 36.1 Å². The number of imide groups is 1. The maximum Gasteiger partial charge on any atom is 0.264 e. The van der Waals surface area contributed by atoms with Crippen LogP contribution >= 0.6 is 11.8 Å². The van der Waals surface area contributed by atoms with Gasteiger partial charge in [0.1, 0.15) is 41.3 Å². The van der Waals surface area contributed by atoms with Crippen LogP contribution in [0.3, 0.4) is 0 Å². The number of carbonyl (C=O) groups excluding carboxylic acids is 6. The molecule has 2 atom stereocenters. The van der Waals surface area contributed by atoms with E-state index in [1.807, 2.05) is 66.4 Å². The summed E-state index contributed by atoms with van der Waals surface area (Å²) in [5.74, 6) is 0.332. The van der Waals surface area contributed by atoms with Crippen LogP contribution in [0.2, 0.25) is 0 Å². The second kappa shape index (κ2) is 18.5. The van der Waals surface area contributed by atoms with Gasteiger partial charge >= 0.3 is 0 Å². The Bertz CT molecular complexity index is 2350. The van der Waals surface area contributed by atoms with Crippen LogP contribution in [0.5, 0.6) is 11.5 Å². The highest BCUT2D eigenvalue weighted by Crippen LogP contribution is 2.32. The molecule has 2 unspecified atom stereocenters. The molecule has 4 heterocycles. The molecule has 0 radical (unpaired) electrons. The lowest BCUT2D eigenvalue weighted by molar-refractivity contribution is -0.122. The van der Waals surface area contributed by atoms with Gasteiger partial charge in [-0.15, -0.1) is 0 Å². The number of piperazine rings is 1. The van der Waals surface area contributed by atoms with Gasteiger partial charge in [-0.2, -0.15) is 0 Å². The lowest BCUT2D eigenvalue weighted by Crippen LogP contribution is -2.49. The minimum atomic E-state index is -1.29. The van der Waals surface area contributed by atoms with Crippen LogP contribution in [-0.2, 0) is 19.2 Å². The number of hydrogen-bond donors (Lipinski definition) is 4. The number of aliphatic imine (C=N–C) groups is 1. The van der Waals surface area contributed by atoms with E-state index in [2.05, 4.69) is 35.8 Å². The number of fused-ring (bicyclic) bond motifs is 1. The zero-order valence-corrected chi connectivity index (χ0v) is 33.9. The molecule has 0 saturated carbocycles. The Kier molecular flexibility index (Phi) is 12.8. The molecule has 310 valence electrons. The molecule has 18 heteroatoms. The molecule has 60 heavy (non-hydrogen) atoms. The van der Waals surface area contributed by atoms with Crippen LogP contribution in [0.1, 0.15) is 51.4 Å². The first-order valence-corrected chi connectivity index (χ1v) is 20.3. The summed E-state index contributed by atoms with van der Waals surface area (Å²) in [5.41, 5.74) is 7.24. The summed E-state index contributed by atoms with van der Waals surface area (Å²) < 4.78 is 5.93. The van der Waals surface area contributed by atoms with E-state index in [4.69, 9.17) is 10.5 Å². The van der Waals surface area contributed by atoms with Crippen LogP contribution in [0.25, 0.3) is 0 Å². The fraction of sp³-hybridized carbons (Fsp3) is 0.310. The molecular weight excluding hydrogens is 789 g/mol. The number of amides is 5. The first kappa shape index (κ1) is 41.5. The van der Waals surface area contributed by atoms with E-state index in [-0.39, 0.29) is 53.3 Å². The third-order valence-electron chi connectivity index (χ3n) is 10.2.